The van der Waals surface area contributed by atoms with Crippen molar-refractivity contribution in [2.45, 2.75) is 6.42 Å². The Morgan fingerprint density at radius 3 is 2.52 bits per heavy atom. The standard InChI is InChI=1S/C23H20N2O3S/c1-27-17-11-12-18(20(14-17)28-2)23(26)24-16-9-7-15(8-10-16)13-22-25-19-5-3-4-6-21(19)29-22/h3-12,14H,13H2,1-2H3,(H,24,26). The number of ether oxygens (including phenoxy) is 2. The van der Waals surface area contributed by atoms with E-state index in [1.54, 1.807) is 36.6 Å². The summed E-state index contributed by atoms with van der Waals surface area (Å²) >= 11 is 1.71. The molecular formula is C23H20N2O3S. The van der Waals surface area contributed by atoms with Crippen molar-refractivity contribution in [1.82, 2.24) is 4.98 Å². The molecule has 0 spiro atoms. The number of benzene rings is 3. The summed E-state index contributed by atoms with van der Waals surface area (Å²) < 4.78 is 11.7. The molecule has 0 saturated carbocycles. The Morgan fingerprint density at radius 2 is 1.79 bits per heavy atom. The average Bonchev–Trinajstić information content (AvgIpc) is 3.16. The molecule has 5 nitrogen and oxygen atoms in total. The number of thiazole rings is 1. The first kappa shape index (κ1) is 19.0. The van der Waals surface area contributed by atoms with E-state index in [1.165, 1.54) is 11.8 Å². The summed E-state index contributed by atoms with van der Waals surface area (Å²) in [4.78, 5) is 17.3. The fraction of sp³-hybridized carbons (Fsp3) is 0.130. The van der Waals surface area contributed by atoms with Crippen LogP contribution in [0.4, 0.5) is 5.69 Å². The van der Waals surface area contributed by atoms with Gasteiger partial charge in [-0.25, -0.2) is 4.98 Å². The van der Waals surface area contributed by atoms with Gasteiger partial charge in [-0.05, 0) is 42.0 Å². The molecule has 0 aliphatic rings. The third kappa shape index (κ3) is 4.22. The number of hydrogen-bond donors (Lipinski definition) is 1. The summed E-state index contributed by atoms with van der Waals surface area (Å²) in [6, 6.07) is 21.1. The van der Waals surface area contributed by atoms with Crippen LogP contribution in [-0.4, -0.2) is 25.1 Å². The van der Waals surface area contributed by atoms with Crippen molar-refractivity contribution in [3.8, 4) is 11.5 Å². The van der Waals surface area contributed by atoms with Gasteiger partial charge in [-0.1, -0.05) is 24.3 Å². The van der Waals surface area contributed by atoms with E-state index >= 15 is 0 Å². The van der Waals surface area contributed by atoms with E-state index in [0.717, 1.165) is 28.2 Å². The van der Waals surface area contributed by atoms with Gasteiger partial charge in [0.2, 0.25) is 0 Å². The highest BCUT2D eigenvalue weighted by Crippen LogP contribution is 2.26. The number of methoxy groups -OCH3 is 2. The second-order valence-electron chi connectivity index (χ2n) is 6.47. The molecule has 1 heterocycles. The highest BCUT2D eigenvalue weighted by molar-refractivity contribution is 7.18. The van der Waals surface area contributed by atoms with Gasteiger partial charge in [0, 0.05) is 18.2 Å². The van der Waals surface area contributed by atoms with Crippen LogP contribution in [0.1, 0.15) is 20.9 Å². The quantitative estimate of drug-likeness (QED) is 0.482. The van der Waals surface area contributed by atoms with Gasteiger partial charge in [0.1, 0.15) is 11.5 Å². The van der Waals surface area contributed by atoms with Crippen LogP contribution in [-0.2, 0) is 6.42 Å². The van der Waals surface area contributed by atoms with E-state index in [2.05, 4.69) is 16.4 Å². The lowest BCUT2D eigenvalue weighted by molar-refractivity contribution is 0.102. The molecule has 0 aliphatic heterocycles. The van der Waals surface area contributed by atoms with Crippen LogP contribution >= 0.6 is 11.3 Å². The monoisotopic (exact) mass is 404 g/mol. The zero-order valence-electron chi connectivity index (χ0n) is 16.1. The van der Waals surface area contributed by atoms with Gasteiger partial charge in [-0.2, -0.15) is 0 Å². The molecule has 4 rings (SSSR count). The van der Waals surface area contributed by atoms with Crippen LogP contribution < -0.4 is 14.8 Å². The summed E-state index contributed by atoms with van der Waals surface area (Å²) in [7, 11) is 3.10. The summed E-state index contributed by atoms with van der Waals surface area (Å²) in [5, 5.41) is 3.99. The van der Waals surface area contributed by atoms with Crippen LogP contribution in [0.5, 0.6) is 11.5 Å². The number of nitrogens with one attached hydrogen (secondary N) is 1. The highest BCUT2D eigenvalue weighted by atomic mass is 32.1. The SMILES string of the molecule is COc1ccc(C(=O)Nc2ccc(Cc3nc4ccccc4s3)cc2)c(OC)c1. The second-order valence-corrected chi connectivity index (χ2v) is 7.58. The maximum Gasteiger partial charge on any atom is 0.259 e. The van der Waals surface area contributed by atoms with E-state index in [9.17, 15) is 4.79 Å². The van der Waals surface area contributed by atoms with E-state index in [4.69, 9.17) is 9.47 Å². The Labute approximate surface area is 172 Å². The van der Waals surface area contributed by atoms with Gasteiger partial charge >= 0.3 is 0 Å². The number of aromatic nitrogens is 1. The summed E-state index contributed by atoms with van der Waals surface area (Å²) in [5.41, 5.74) is 3.35. The van der Waals surface area contributed by atoms with Crippen LogP contribution in [0, 0.1) is 0 Å². The molecule has 3 aromatic carbocycles. The average molecular weight is 404 g/mol. The Hall–Kier alpha value is -3.38. The number of amides is 1. The number of fused-ring (bicyclic) bond motifs is 1. The number of rotatable bonds is 6. The molecule has 1 N–H and O–H groups in total. The first-order valence-corrected chi connectivity index (χ1v) is 9.94. The molecule has 0 unspecified atom stereocenters. The number of carbonyl (C=O) groups excluding carboxylic acids is 1. The smallest absolute Gasteiger partial charge is 0.259 e. The Balaban J connectivity index is 1.46. The first-order valence-electron chi connectivity index (χ1n) is 9.13. The molecule has 0 saturated heterocycles. The number of anilines is 1. The molecule has 1 amide bonds. The number of hydrogen-bond acceptors (Lipinski definition) is 5. The van der Waals surface area contributed by atoms with Crippen LogP contribution in [0.2, 0.25) is 0 Å². The normalized spacial score (nSPS) is 10.7. The zero-order chi connectivity index (χ0) is 20.2. The largest absolute Gasteiger partial charge is 0.497 e. The Morgan fingerprint density at radius 1 is 1.00 bits per heavy atom. The van der Waals surface area contributed by atoms with Gasteiger partial charge in [0.15, 0.2) is 0 Å². The molecule has 1 aromatic heterocycles. The minimum Gasteiger partial charge on any atom is -0.497 e. The van der Waals surface area contributed by atoms with Gasteiger partial charge in [0.05, 0.1) is 35.0 Å². The van der Waals surface area contributed by atoms with Crippen molar-refractivity contribution in [1.29, 1.82) is 0 Å². The van der Waals surface area contributed by atoms with Crippen molar-refractivity contribution in [2.24, 2.45) is 0 Å². The number of para-hydroxylation sites is 1. The third-order valence-corrected chi connectivity index (χ3v) is 5.60. The van der Waals surface area contributed by atoms with Crippen molar-refractivity contribution in [2.75, 3.05) is 19.5 Å². The third-order valence-electron chi connectivity index (χ3n) is 4.56. The molecule has 0 fully saturated rings. The second kappa shape index (κ2) is 8.32. The molecule has 0 bridgehead atoms. The molecule has 0 radical (unpaired) electrons. The maximum absolute atomic E-state index is 12.6. The lowest BCUT2D eigenvalue weighted by Crippen LogP contribution is -2.13. The highest BCUT2D eigenvalue weighted by Gasteiger charge is 2.14. The van der Waals surface area contributed by atoms with E-state index in [0.29, 0.717) is 17.1 Å². The van der Waals surface area contributed by atoms with Crippen molar-refractivity contribution in [3.05, 3.63) is 82.9 Å². The van der Waals surface area contributed by atoms with Crippen LogP contribution in [0.25, 0.3) is 10.2 Å². The van der Waals surface area contributed by atoms with E-state index in [-0.39, 0.29) is 5.91 Å². The van der Waals surface area contributed by atoms with Gasteiger partial charge in [-0.15, -0.1) is 11.3 Å². The van der Waals surface area contributed by atoms with Crippen molar-refractivity contribution < 1.29 is 14.3 Å². The lowest BCUT2D eigenvalue weighted by atomic mass is 10.1. The molecule has 0 atom stereocenters. The summed E-state index contributed by atoms with van der Waals surface area (Å²) in [6.07, 6.45) is 0.764. The van der Waals surface area contributed by atoms with E-state index in [1.807, 2.05) is 42.5 Å². The maximum atomic E-state index is 12.6. The lowest BCUT2D eigenvalue weighted by Gasteiger charge is -2.11. The number of nitrogens with zero attached hydrogens (tertiary/aromatic N) is 1. The first-order chi connectivity index (χ1) is 14.2. The summed E-state index contributed by atoms with van der Waals surface area (Å²) in [6.45, 7) is 0. The Kier molecular flexibility index (Phi) is 5.44. The van der Waals surface area contributed by atoms with Crippen LogP contribution in [0.15, 0.2) is 66.7 Å². The molecule has 6 heteroatoms. The Bertz CT molecular complexity index is 1120. The van der Waals surface area contributed by atoms with Crippen LogP contribution in [0.3, 0.4) is 0 Å². The van der Waals surface area contributed by atoms with Crippen molar-refractivity contribution >= 4 is 33.1 Å². The molecular weight excluding hydrogens is 384 g/mol. The summed E-state index contributed by atoms with van der Waals surface area (Å²) in [5.74, 6) is 0.871. The molecule has 4 aromatic rings. The molecule has 29 heavy (non-hydrogen) atoms. The molecule has 0 aliphatic carbocycles. The predicted octanol–water partition coefficient (Wildman–Crippen LogP) is 5.16. The number of carbonyl (C=O) groups is 1. The fourth-order valence-electron chi connectivity index (χ4n) is 3.06. The minimum absolute atomic E-state index is 0.233. The van der Waals surface area contributed by atoms with E-state index < -0.39 is 0 Å². The van der Waals surface area contributed by atoms with Crippen molar-refractivity contribution in [3.63, 3.8) is 0 Å². The van der Waals surface area contributed by atoms with Gasteiger partial charge < -0.3 is 14.8 Å². The van der Waals surface area contributed by atoms with Gasteiger partial charge in [-0.3, -0.25) is 4.79 Å². The topological polar surface area (TPSA) is 60.5 Å². The fourth-order valence-corrected chi connectivity index (χ4v) is 4.06. The molecule has 146 valence electrons. The predicted molar refractivity (Wildman–Crippen MR) is 116 cm³/mol. The minimum atomic E-state index is -0.233. The van der Waals surface area contributed by atoms with Gasteiger partial charge in [0.25, 0.3) is 5.91 Å². The zero-order valence-corrected chi connectivity index (χ0v) is 17.0.